The lowest BCUT2D eigenvalue weighted by Gasteiger charge is -2.34. The van der Waals surface area contributed by atoms with Crippen LogP contribution in [0.25, 0.3) is 11.3 Å². The number of halogens is 1. The van der Waals surface area contributed by atoms with E-state index in [9.17, 15) is 14.0 Å². The lowest BCUT2D eigenvalue weighted by Crippen LogP contribution is -2.40. The number of carbonyl (C=O) groups excluding carboxylic acids is 2. The predicted octanol–water partition coefficient (Wildman–Crippen LogP) is 5.04. The van der Waals surface area contributed by atoms with Gasteiger partial charge in [-0.1, -0.05) is 6.42 Å². The van der Waals surface area contributed by atoms with Crippen LogP contribution in [0.4, 0.5) is 10.1 Å². The molecule has 1 aliphatic heterocycles. The maximum Gasteiger partial charge on any atom is 0.251 e. The molecule has 0 unspecified atom stereocenters. The topological polar surface area (TPSA) is 142 Å². The smallest absolute Gasteiger partial charge is 0.251 e. The number of rotatable bonds is 11. The van der Waals surface area contributed by atoms with Crippen molar-refractivity contribution >= 4 is 23.7 Å². The van der Waals surface area contributed by atoms with Gasteiger partial charge in [0.1, 0.15) is 35.0 Å². The second-order valence-electron chi connectivity index (χ2n) is 13.1. The fourth-order valence-corrected chi connectivity index (χ4v) is 6.02. The summed E-state index contributed by atoms with van der Waals surface area (Å²) in [6.45, 7) is 2.20. The Balaban J connectivity index is 1.21. The van der Waals surface area contributed by atoms with E-state index < -0.39 is 11.3 Å². The third kappa shape index (κ3) is 5.85. The highest BCUT2D eigenvalue weighted by molar-refractivity contribution is 5.99. The molecule has 0 spiro atoms. The molecule has 234 valence electrons. The van der Waals surface area contributed by atoms with E-state index in [2.05, 4.69) is 10.3 Å². The van der Waals surface area contributed by atoms with E-state index in [1.54, 1.807) is 37.4 Å². The van der Waals surface area contributed by atoms with Gasteiger partial charge in [0.15, 0.2) is 0 Å². The number of pyridine rings is 1. The summed E-state index contributed by atoms with van der Waals surface area (Å²) >= 11 is 0. The Morgan fingerprint density at radius 1 is 1.16 bits per heavy atom. The van der Waals surface area contributed by atoms with Crippen molar-refractivity contribution in [3.05, 3.63) is 70.7 Å². The predicted molar refractivity (Wildman–Crippen MR) is 169 cm³/mol. The molecule has 4 aliphatic rings. The van der Waals surface area contributed by atoms with Crippen molar-refractivity contribution in [2.75, 3.05) is 18.9 Å². The van der Waals surface area contributed by atoms with Crippen molar-refractivity contribution in [1.82, 2.24) is 10.3 Å². The van der Waals surface area contributed by atoms with Crippen LogP contribution in [0, 0.1) is 11.7 Å². The Labute approximate surface area is 261 Å². The van der Waals surface area contributed by atoms with Crippen LogP contribution in [0.2, 0.25) is 0 Å². The van der Waals surface area contributed by atoms with Crippen LogP contribution in [0.3, 0.4) is 0 Å². The van der Waals surface area contributed by atoms with E-state index >= 15 is 0 Å². The molecule has 0 saturated heterocycles. The number of nitrogen functional groups attached to an aromatic ring is 1. The van der Waals surface area contributed by atoms with Crippen molar-refractivity contribution in [2.45, 2.75) is 75.3 Å². The van der Waals surface area contributed by atoms with Crippen molar-refractivity contribution < 1.29 is 23.5 Å². The van der Waals surface area contributed by atoms with Crippen molar-refractivity contribution in [1.29, 1.82) is 0 Å². The Morgan fingerprint density at radius 3 is 2.56 bits per heavy atom. The third-order valence-electron chi connectivity index (χ3n) is 9.56. The quantitative estimate of drug-likeness (QED) is 0.205. The maximum atomic E-state index is 13.8. The summed E-state index contributed by atoms with van der Waals surface area (Å²) in [7, 11) is 0. The van der Waals surface area contributed by atoms with E-state index in [4.69, 9.17) is 25.9 Å². The Morgan fingerprint density at radius 2 is 1.91 bits per heavy atom. The molecule has 2 atom stereocenters. The standard InChI is InChI=1S/C35H38FN5O4/c1-35(34(38)43)18-44-32-27(35)15-28(41-31(32)20-5-7-23(36)8-6-20)26(19-3-2-4-19)17-40-33(42)21-13-22(16-39-24-9-10-24)30(37)29(14-21)45-25-11-12-25/h5-8,13-16,19,24-26H,2-4,9-12,17-18,37H2,1H3,(H2,38,43)(H,40,42)/t26-,35-/m0/s1. The van der Waals surface area contributed by atoms with Gasteiger partial charge in [-0.05, 0) is 93.8 Å². The molecule has 10 heteroatoms. The van der Waals surface area contributed by atoms with Gasteiger partial charge in [-0.2, -0.15) is 0 Å². The first kappa shape index (κ1) is 29.3. The molecule has 2 heterocycles. The highest BCUT2D eigenvalue weighted by Crippen LogP contribution is 2.47. The lowest BCUT2D eigenvalue weighted by atomic mass is 9.73. The van der Waals surface area contributed by atoms with E-state index in [0.717, 1.165) is 50.6 Å². The molecule has 2 aromatic carbocycles. The summed E-state index contributed by atoms with van der Waals surface area (Å²) in [5.74, 6) is 0.0512. The molecule has 3 aromatic rings. The fraction of sp³-hybridized carbons (Fsp3) is 0.429. The average Bonchev–Trinajstić information content (AvgIpc) is 3.94. The molecule has 5 N–H and O–H groups in total. The largest absolute Gasteiger partial charge is 0.489 e. The number of hydrogen-bond donors (Lipinski definition) is 3. The molecule has 3 fully saturated rings. The number of anilines is 1. The summed E-state index contributed by atoms with van der Waals surface area (Å²) in [5.41, 5.74) is 15.5. The number of nitrogens with one attached hydrogen (secondary N) is 1. The zero-order valence-electron chi connectivity index (χ0n) is 25.4. The van der Waals surface area contributed by atoms with E-state index in [1.807, 2.05) is 6.07 Å². The second-order valence-corrected chi connectivity index (χ2v) is 13.1. The first-order valence-corrected chi connectivity index (χ1v) is 15.8. The SMILES string of the molecule is C[C@]1(C(N)=O)COc2c1cc([C@@H](CNC(=O)c1cc(C=NC3CC3)c(N)c(OC3CC3)c1)C1CCC1)nc2-c1ccc(F)cc1. The van der Waals surface area contributed by atoms with Crippen molar-refractivity contribution in [3.63, 3.8) is 0 Å². The Kier molecular flexibility index (Phi) is 7.46. The molecule has 0 bridgehead atoms. The summed E-state index contributed by atoms with van der Waals surface area (Å²) in [4.78, 5) is 36.0. The fourth-order valence-electron chi connectivity index (χ4n) is 6.02. The number of aromatic nitrogens is 1. The van der Waals surface area contributed by atoms with Crippen molar-refractivity contribution in [2.24, 2.45) is 16.6 Å². The number of primary amides is 1. The number of amides is 2. The lowest BCUT2D eigenvalue weighted by molar-refractivity contribution is -0.123. The molecular formula is C35H38FN5O4. The van der Waals surface area contributed by atoms with Crippen LogP contribution in [-0.2, 0) is 10.2 Å². The molecule has 9 nitrogen and oxygen atoms in total. The molecular weight excluding hydrogens is 573 g/mol. The second kappa shape index (κ2) is 11.5. The Bertz CT molecular complexity index is 1680. The minimum atomic E-state index is -1.05. The van der Waals surface area contributed by atoms with Gasteiger partial charge in [0.2, 0.25) is 5.91 Å². The van der Waals surface area contributed by atoms with Crippen LogP contribution < -0.4 is 26.3 Å². The number of carbonyl (C=O) groups is 2. The highest BCUT2D eigenvalue weighted by Gasteiger charge is 2.44. The average molecular weight is 612 g/mol. The van der Waals surface area contributed by atoms with E-state index in [-0.39, 0.29) is 30.4 Å². The molecule has 1 aromatic heterocycles. The van der Waals surface area contributed by atoms with Gasteiger partial charge in [0, 0.05) is 46.6 Å². The van der Waals surface area contributed by atoms with Gasteiger partial charge >= 0.3 is 0 Å². The molecule has 2 amide bonds. The number of ether oxygens (including phenoxy) is 2. The summed E-state index contributed by atoms with van der Waals surface area (Å²) in [6, 6.07) is 11.8. The number of nitrogens with zero attached hydrogens (tertiary/aromatic N) is 2. The first-order chi connectivity index (χ1) is 21.7. The van der Waals surface area contributed by atoms with Gasteiger partial charge in [-0.3, -0.25) is 14.6 Å². The first-order valence-electron chi connectivity index (χ1n) is 15.8. The molecule has 3 saturated carbocycles. The van der Waals surface area contributed by atoms with Gasteiger partial charge in [0.25, 0.3) is 5.91 Å². The number of aliphatic imine (C=N–C) groups is 1. The van der Waals surface area contributed by atoms with Crippen LogP contribution in [0.5, 0.6) is 11.5 Å². The summed E-state index contributed by atoms with van der Waals surface area (Å²) in [5, 5.41) is 3.15. The van der Waals surface area contributed by atoms with Crippen LogP contribution in [0.15, 0.2) is 47.5 Å². The Hall–Kier alpha value is -4.47. The zero-order chi connectivity index (χ0) is 31.3. The van der Waals surface area contributed by atoms with Crippen LogP contribution >= 0.6 is 0 Å². The molecule has 45 heavy (non-hydrogen) atoms. The molecule has 7 rings (SSSR count). The summed E-state index contributed by atoms with van der Waals surface area (Å²) in [6.07, 6.45) is 9.04. The minimum absolute atomic E-state index is 0.0939. The zero-order valence-corrected chi connectivity index (χ0v) is 25.4. The number of nitrogens with two attached hydrogens (primary N) is 2. The minimum Gasteiger partial charge on any atom is -0.489 e. The van der Waals surface area contributed by atoms with Gasteiger partial charge < -0.3 is 26.3 Å². The van der Waals surface area contributed by atoms with E-state index in [0.29, 0.717) is 63.6 Å². The number of benzene rings is 2. The highest BCUT2D eigenvalue weighted by atomic mass is 19.1. The van der Waals surface area contributed by atoms with Crippen LogP contribution in [0.1, 0.15) is 85.0 Å². The van der Waals surface area contributed by atoms with E-state index in [1.165, 1.54) is 12.1 Å². The molecule has 3 aliphatic carbocycles. The maximum absolute atomic E-state index is 13.8. The monoisotopic (exact) mass is 611 g/mol. The summed E-state index contributed by atoms with van der Waals surface area (Å²) < 4.78 is 25.9. The molecule has 0 radical (unpaired) electrons. The van der Waals surface area contributed by atoms with Gasteiger partial charge in [0.05, 0.1) is 17.8 Å². The van der Waals surface area contributed by atoms with Crippen molar-refractivity contribution in [3.8, 4) is 22.8 Å². The number of fused-ring (bicyclic) bond motifs is 1. The third-order valence-corrected chi connectivity index (χ3v) is 9.56. The van der Waals surface area contributed by atoms with Gasteiger partial charge in [-0.25, -0.2) is 9.37 Å². The number of hydrogen-bond acceptors (Lipinski definition) is 7. The van der Waals surface area contributed by atoms with Crippen LogP contribution in [-0.4, -0.2) is 48.3 Å². The normalized spacial score (nSPS) is 21.6. The van der Waals surface area contributed by atoms with Gasteiger partial charge in [-0.15, -0.1) is 0 Å².